The molecule has 24 heavy (non-hydrogen) atoms. The number of aromatic nitrogens is 1. The van der Waals surface area contributed by atoms with E-state index >= 15 is 0 Å². The molecular formula is C15H9F4N3O2. The third-order valence-corrected chi connectivity index (χ3v) is 3.63. The lowest BCUT2D eigenvalue weighted by Crippen LogP contribution is -2.55. The van der Waals surface area contributed by atoms with Crippen LogP contribution < -0.4 is 10.2 Å². The lowest BCUT2D eigenvalue weighted by molar-refractivity contribution is -0.195. The normalized spacial score (nSPS) is 21.1. The second-order valence-electron chi connectivity index (χ2n) is 5.04. The summed E-state index contributed by atoms with van der Waals surface area (Å²) in [6.45, 7) is 0. The van der Waals surface area contributed by atoms with Crippen LogP contribution in [0.2, 0.25) is 0 Å². The van der Waals surface area contributed by atoms with Gasteiger partial charge >= 0.3 is 12.2 Å². The third-order valence-electron chi connectivity index (χ3n) is 3.63. The molecule has 2 aromatic rings. The molecule has 3 amide bonds. The Morgan fingerprint density at radius 2 is 1.75 bits per heavy atom. The van der Waals surface area contributed by atoms with E-state index in [0.29, 0.717) is 4.90 Å². The van der Waals surface area contributed by atoms with Crippen LogP contribution in [0.3, 0.4) is 0 Å². The van der Waals surface area contributed by atoms with Crippen LogP contribution in [0.1, 0.15) is 5.56 Å². The predicted molar refractivity (Wildman–Crippen MR) is 74.4 cm³/mol. The number of rotatable bonds is 2. The highest BCUT2D eigenvalue weighted by molar-refractivity contribution is 6.23. The van der Waals surface area contributed by atoms with Crippen LogP contribution in [-0.4, -0.2) is 23.1 Å². The Kier molecular flexibility index (Phi) is 3.51. The maximum atomic E-state index is 13.7. The van der Waals surface area contributed by atoms with Gasteiger partial charge in [0.1, 0.15) is 5.82 Å². The van der Waals surface area contributed by atoms with Crippen LogP contribution in [-0.2, 0) is 10.3 Å². The zero-order chi connectivity index (χ0) is 17.5. The van der Waals surface area contributed by atoms with Crippen LogP contribution in [0.15, 0.2) is 48.8 Å². The summed E-state index contributed by atoms with van der Waals surface area (Å²) < 4.78 is 54.3. The zero-order valence-electron chi connectivity index (χ0n) is 11.8. The van der Waals surface area contributed by atoms with Crippen molar-refractivity contribution in [2.75, 3.05) is 4.90 Å². The SMILES string of the molecule is O=C1N[C@@](c2ccc(F)cc2)(C(F)(F)F)C(=O)N1c1cccnc1. The minimum atomic E-state index is -5.13. The van der Waals surface area contributed by atoms with E-state index in [4.69, 9.17) is 0 Å². The number of anilines is 1. The number of hydrogen-bond acceptors (Lipinski definition) is 3. The van der Waals surface area contributed by atoms with E-state index in [0.717, 1.165) is 30.5 Å². The van der Waals surface area contributed by atoms with Gasteiger partial charge in [0.05, 0.1) is 11.9 Å². The van der Waals surface area contributed by atoms with Crippen molar-refractivity contribution in [2.24, 2.45) is 0 Å². The molecule has 1 N–H and O–H groups in total. The number of amides is 3. The molecule has 3 rings (SSSR count). The minimum Gasteiger partial charge on any atom is -0.311 e. The van der Waals surface area contributed by atoms with E-state index in [1.807, 2.05) is 0 Å². The summed E-state index contributed by atoms with van der Waals surface area (Å²) in [4.78, 5) is 28.7. The number of hydrogen-bond donors (Lipinski definition) is 1. The average Bonchev–Trinajstić information content (AvgIpc) is 2.80. The number of imide groups is 1. The van der Waals surface area contributed by atoms with Gasteiger partial charge in [-0.05, 0) is 29.8 Å². The second kappa shape index (κ2) is 5.29. The largest absolute Gasteiger partial charge is 0.425 e. The molecule has 1 aliphatic rings. The summed E-state index contributed by atoms with van der Waals surface area (Å²) in [5.41, 5.74) is -3.97. The topological polar surface area (TPSA) is 62.3 Å². The maximum Gasteiger partial charge on any atom is 0.425 e. The lowest BCUT2D eigenvalue weighted by Gasteiger charge is -2.29. The van der Waals surface area contributed by atoms with E-state index in [1.165, 1.54) is 18.3 Å². The molecule has 5 nitrogen and oxygen atoms in total. The number of nitrogens with one attached hydrogen (secondary N) is 1. The van der Waals surface area contributed by atoms with Crippen molar-refractivity contribution in [1.29, 1.82) is 0 Å². The first kappa shape index (κ1) is 15.9. The smallest absolute Gasteiger partial charge is 0.311 e. The van der Waals surface area contributed by atoms with Gasteiger partial charge in [0.15, 0.2) is 0 Å². The molecule has 124 valence electrons. The highest BCUT2D eigenvalue weighted by Gasteiger charge is 2.68. The number of carbonyl (C=O) groups is 2. The number of benzene rings is 1. The molecule has 0 radical (unpaired) electrons. The summed E-state index contributed by atoms with van der Waals surface area (Å²) >= 11 is 0. The molecule has 1 saturated heterocycles. The van der Waals surface area contributed by atoms with Gasteiger partial charge in [0.2, 0.25) is 5.54 Å². The van der Waals surface area contributed by atoms with E-state index < -0.39 is 35.0 Å². The van der Waals surface area contributed by atoms with Gasteiger partial charge in [-0.1, -0.05) is 12.1 Å². The van der Waals surface area contributed by atoms with E-state index in [2.05, 4.69) is 4.98 Å². The third kappa shape index (κ3) is 2.20. The van der Waals surface area contributed by atoms with Gasteiger partial charge in [-0.2, -0.15) is 13.2 Å². The molecule has 1 fully saturated rings. The van der Waals surface area contributed by atoms with E-state index in [1.54, 1.807) is 5.32 Å². The van der Waals surface area contributed by atoms with Crippen molar-refractivity contribution < 1.29 is 27.2 Å². The standard InChI is InChI=1S/C15H9F4N3O2/c16-10-5-3-9(4-6-10)14(15(17,18)19)12(23)22(13(24)21-14)11-2-1-7-20-8-11/h1-8H,(H,21,24)/t14-/m1/s1. The molecule has 0 bridgehead atoms. The Morgan fingerprint density at radius 1 is 1.08 bits per heavy atom. The summed E-state index contributed by atoms with van der Waals surface area (Å²) in [5, 5.41) is 1.70. The Labute approximate surface area is 132 Å². The first-order valence-corrected chi connectivity index (χ1v) is 6.67. The van der Waals surface area contributed by atoms with Gasteiger partial charge in [-0.3, -0.25) is 9.78 Å². The van der Waals surface area contributed by atoms with Gasteiger partial charge in [0, 0.05) is 6.20 Å². The molecule has 9 heteroatoms. The molecule has 1 aromatic carbocycles. The number of alkyl halides is 3. The molecule has 0 spiro atoms. The maximum absolute atomic E-state index is 13.7. The quantitative estimate of drug-likeness (QED) is 0.676. The van der Waals surface area contributed by atoms with Gasteiger partial charge in [-0.15, -0.1) is 0 Å². The monoisotopic (exact) mass is 339 g/mol. The lowest BCUT2D eigenvalue weighted by atomic mass is 9.89. The Balaban J connectivity index is 2.16. The average molecular weight is 339 g/mol. The number of nitrogens with zero attached hydrogens (tertiary/aromatic N) is 2. The highest BCUT2D eigenvalue weighted by Crippen LogP contribution is 2.44. The predicted octanol–water partition coefficient (Wildman–Crippen LogP) is 2.73. The Morgan fingerprint density at radius 3 is 2.29 bits per heavy atom. The molecule has 0 unspecified atom stereocenters. The van der Waals surface area contributed by atoms with Crippen molar-refractivity contribution in [3.05, 3.63) is 60.2 Å². The van der Waals surface area contributed by atoms with Crippen molar-refractivity contribution >= 4 is 17.6 Å². The fourth-order valence-electron chi connectivity index (χ4n) is 2.50. The minimum absolute atomic E-state index is 0.103. The van der Waals surface area contributed by atoms with Crippen LogP contribution in [0.25, 0.3) is 0 Å². The van der Waals surface area contributed by atoms with Gasteiger partial charge in [-0.25, -0.2) is 14.1 Å². The summed E-state index contributed by atoms with van der Waals surface area (Å²) in [5.74, 6) is -2.29. The first-order valence-electron chi connectivity index (χ1n) is 6.67. The number of carbonyl (C=O) groups excluding carboxylic acids is 2. The molecule has 0 saturated carbocycles. The van der Waals surface area contributed by atoms with E-state index in [9.17, 15) is 27.2 Å². The van der Waals surface area contributed by atoms with Crippen LogP contribution in [0.4, 0.5) is 28.0 Å². The highest BCUT2D eigenvalue weighted by atomic mass is 19.4. The molecule has 2 heterocycles. The van der Waals surface area contributed by atoms with E-state index in [-0.39, 0.29) is 5.69 Å². The van der Waals surface area contributed by atoms with Crippen molar-refractivity contribution in [1.82, 2.24) is 10.3 Å². The Bertz CT molecular complexity index is 793. The van der Waals surface area contributed by atoms with Crippen LogP contribution >= 0.6 is 0 Å². The van der Waals surface area contributed by atoms with Crippen molar-refractivity contribution in [2.45, 2.75) is 11.7 Å². The molecule has 1 aliphatic heterocycles. The second-order valence-corrected chi connectivity index (χ2v) is 5.04. The van der Waals surface area contributed by atoms with Crippen LogP contribution in [0.5, 0.6) is 0 Å². The summed E-state index contributed by atoms with van der Waals surface area (Å²) in [6.07, 6.45) is -2.69. The van der Waals surface area contributed by atoms with Crippen molar-refractivity contribution in [3.63, 3.8) is 0 Å². The molecule has 1 atom stereocenters. The fourth-order valence-corrected chi connectivity index (χ4v) is 2.50. The van der Waals surface area contributed by atoms with Crippen molar-refractivity contribution in [3.8, 4) is 0 Å². The first-order chi connectivity index (χ1) is 11.3. The van der Waals surface area contributed by atoms with Crippen LogP contribution in [0, 0.1) is 5.82 Å². The molecular weight excluding hydrogens is 330 g/mol. The van der Waals surface area contributed by atoms with Gasteiger partial charge < -0.3 is 5.32 Å². The molecule has 1 aromatic heterocycles. The van der Waals surface area contributed by atoms with Gasteiger partial charge in [0.25, 0.3) is 5.91 Å². The summed E-state index contributed by atoms with van der Waals surface area (Å²) in [7, 11) is 0. The fraction of sp³-hybridized carbons (Fsp3) is 0.133. The number of halogens is 4. The molecule has 0 aliphatic carbocycles. The Hall–Kier alpha value is -2.97. The summed E-state index contributed by atoms with van der Waals surface area (Å²) in [6, 6.07) is 4.61. The zero-order valence-corrected chi connectivity index (χ0v) is 11.8. The number of urea groups is 1. The number of pyridine rings is 1.